The molecule has 0 aromatic heterocycles. The molecule has 0 spiro atoms. The van der Waals surface area contributed by atoms with Crippen molar-refractivity contribution in [3.8, 4) is 0 Å². The Bertz CT molecular complexity index is 424. The molecular formula is C24H44N2S. The first-order chi connectivity index (χ1) is 13.1. The minimum Gasteiger partial charge on any atom is -0.317 e. The van der Waals surface area contributed by atoms with Gasteiger partial charge in [0.15, 0.2) is 0 Å². The van der Waals surface area contributed by atoms with Crippen molar-refractivity contribution in [1.82, 2.24) is 10.2 Å². The SMILES string of the molecule is C=C/C=C(\C=C)CSCCCNCCCN(CC1CCCC1)C(C)C(C)C. The van der Waals surface area contributed by atoms with E-state index in [0.717, 1.165) is 30.7 Å². The second-order valence-electron chi connectivity index (χ2n) is 8.32. The molecule has 1 aliphatic carbocycles. The Hall–Kier alpha value is -0.510. The highest BCUT2D eigenvalue weighted by Crippen LogP contribution is 2.27. The molecule has 1 fully saturated rings. The van der Waals surface area contributed by atoms with Crippen molar-refractivity contribution >= 4 is 11.8 Å². The molecule has 2 nitrogen and oxygen atoms in total. The predicted molar refractivity (Wildman–Crippen MR) is 126 cm³/mol. The normalized spacial score (nSPS) is 17.0. The first-order valence-corrected chi connectivity index (χ1v) is 12.2. The van der Waals surface area contributed by atoms with E-state index in [9.17, 15) is 0 Å². The summed E-state index contributed by atoms with van der Waals surface area (Å²) in [6, 6.07) is 0.699. The van der Waals surface area contributed by atoms with Crippen LogP contribution in [0.4, 0.5) is 0 Å². The number of nitrogens with one attached hydrogen (secondary N) is 1. The third kappa shape index (κ3) is 11.2. The van der Waals surface area contributed by atoms with Gasteiger partial charge >= 0.3 is 0 Å². The van der Waals surface area contributed by atoms with E-state index in [1.165, 1.54) is 62.9 Å². The van der Waals surface area contributed by atoms with E-state index < -0.39 is 0 Å². The second-order valence-corrected chi connectivity index (χ2v) is 9.43. The summed E-state index contributed by atoms with van der Waals surface area (Å²) in [6.07, 6.45) is 14.1. The number of nitrogens with zero attached hydrogens (tertiary/aromatic N) is 1. The quantitative estimate of drug-likeness (QED) is 0.259. The van der Waals surface area contributed by atoms with Gasteiger partial charge < -0.3 is 10.2 Å². The van der Waals surface area contributed by atoms with Gasteiger partial charge in [0, 0.05) is 18.3 Å². The Labute approximate surface area is 173 Å². The van der Waals surface area contributed by atoms with Crippen LogP contribution in [0.1, 0.15) is 59.3 Å². The first-order valence-electron chi connectivity index (χ1n) is 11.0. The Balaban J connectivity index is 2.11. The lowest BCUT2D eigenvalue weighted by atomic mass is 10.0. The fourth-order valence-electron chi connectivity index (χ4n) is 3.76. The maximum absolute atomic E-state index is 3.85. The lowest BCUT2D eigenvalue weighted by Gasteiger charge is -2.34. The highest BCUT2D eigenvalue weighted by atomic mass is 32.2. The van der Waals surface area contributed by atoms with Gasteiger partial charge in [-0.2, -0.15) is 11.8 Å². The first kappa shape index (κ1) is 24.5. The second kappa shape index (κ2) is 15.4. The van der Waals surface area contributed by atoms with Crippen LogP contribution in [0, 0.1) is 11.8 Å². The Morgan fingerprint density at radius 3 is 2.48 bits per heavy atom. The highest BCUT2D eigenvalue weighted by Gasteiger charge is 2.22. The van der Waals surface area contributed by atoms with Gasteiger partial charge in [-0.3, -0.25) is 0 Å². The van der Waals surface area contributed by atoms with Crippen LogP contribution in [0.25, 0.3) is 0 Å². The molecular weight excluding hydrogens is 348 g/mol. The number of hydrogen-bond acceptors (Lipinski definition) is 3. The van der Waals surface area contributed by atoms with Crippen LogP contribution in [0.3, 0.4) is 0 Å². The lowest BCUT2D eigenvalue weighted by Crippen LogP contribution is -2.41. The summed E-state index contributed by atoms with van der Waals surface area (Å²) in [7, 11) is 0. The van der Waals surface area contributed by atoms with Crippen molar-refractivity contribution < 1.29 is 0 Å². The van der Waals surface area contributed by atoms with Crippen molar-refractivity contribution in [2.45, 2.75) is 65.3 Å². The number of hydrogen-bond donors (Lipinski definition) is 1. The Kier molecular flexibility index (Phi) is 14.0. The smallest absolute Gasteiger partial charge is 0.0184 e. The van der Waals surface area contributed by atoms with E-state index >= 15 is 0 Å². The summed E-state index contributed by atoms with van der Waals surface area (Å²) in [5.41, 5.74) is 1.27. The number of thioether (sulfide) groups is 1. The van der Waals surface area contributed by atoms with Crippen molar-refractivity contribution in [1.29, 1.82) is 0 Å². The molecule has 0 radical (unpaired) electrons. The molecule has 0 amide bonds. The molecule has 0 aliphatic heterocycles. The Morgan fingerprint density at radius 2 is 1.85 bits per heavy atom. The maximum atomic E-state index is 3.85. The van der Waals surface area contributed by atoms with Gasteiger partial charge in [-0.1, -0.05) is 58.1 Å². The number of allylic oxidation sites excluding steroid dienone is 3. The predicted octanol–water partition coefficient (Wildman–Crippen LogP) is 5.92. The average molecular weight is 393 g/mol. The summed E-state index contributed by atoms with van der Waals surface area (Å²) in [5.74, 6) is 3.94. The maximum Gasteiger partial charge on any atom is 0.0184 e. The highest BCUT2D eigenvalue weighted by molar-refractivity contribution is 7.99. The van der Waals surface area contributed by atoms with Gasteiger partial charge in [0.05, 0.1) is 0 Å². The molecule has 0 saturated heterocycles. The van der Waals surface area contributed by atoms with Crippen molar-refractivity contribution in [2.75, 3.05) is 37.7 Å². The topological polar surface area (TPSA) is 15.3 Å². The molecule has 1 N–H and O–H groups in total. The third-order valence-corrected chi connectivity index (χ3v) is 6.93. The van der Waals surface area contributed by atoms with Gasteiger partial charge in [0.1, 0.15) is 0 Å². The summed E-state index contributed by atoms with van der Waals surface area (Å²) >= 11 is 1.98. The average Bonchev–Trinajstić information content (AvgIpc) is 3.17. The van der Waals surface area contributed by atoms with Gasteiger partial charge in [0.2, 0.25) is 0 Å². The number of rotatable bonds is 16. The molecule has 1 atom stereocenters. The van der Waals surface area contributed by atoms with Crippen LogP contribution in [-0.4, -0.2) is 48.6 Å². The van der Waals surface area contributed by atoms with Gasteiger partial charge in [-0.25, -0.2) is 0 Å². The van der Waals surface area contributed by atoms with Crippen molar-refractivity contribution in [3.63, 3.8) is 0 Å². The Morgan fingerprint density at radius 1 is 1.15 bits per heavy atom. The van der Waals surface area contributed by atoms with E-state index in [1.54, 1.807) is 0 Å². The molecule has 1 unspecified atom stereocenters. The largest absolute Gasteiger partial charge is 0.317 e. The zero-order valence-corrected chi connectivity index (χ0v) is 19.0. The van der Waals surface area contributed by atoms with Crippen molar-refractivity contribution in [2.24, 2.45) is 11.8 Å². The van der Waals surface area contributed by atoms with Crippen LogP contribution in [-0.2, 0) is 0 Å². The van der Waals surface area contributed by atoms with E-state index in [2.05, 4.69) is 44.1 Å². The molecule has 1 saturated carbocycles. The molecule has 156 valence electrons. The molecule has 0 aromatic carbocycles. The summed E-state index contributed by atoms with van der Waals surface area (Å²) in [5, 5.41) is 3.64. The molecule has 0 heterocycles. The molecule has 0 bridgehead atoms. The van der Waals surface area contributed by atoms with Crippen LogP contribution in [0.5, 0.6) is 0 Å². The molecule has 3 heteroatoms. The van der Waals surface area contributed by atoms with Crippen LogP contribution < -0.4 is 5.32 Å². The molecule has 1 aliphatic rings. The van der Waals surface area contributed by atoms with E-state index in [4.69, 9.17) is 0 Å². The van der Waals surface area contributed by atoms with Gasteiger partial charge in [-0.05, 0) is 75.4 Å². The van der Waals surface area contributed by atoms with Gasteiger partial charge in [0.25, 0.3) is 0 Å². The van der Waals surface area contributed by atoms with Crippen LogP contribution in [0.2, 0.25) is 0 Å². The zero-order chi connectivity index (χ0) is 19.9. The van der Waals surface area contributed by atoms with E-state index in [-0.39, 0.29) is 0 Å². The summed E-state index contributed by atoms with van der Waals surface area (Å²) < 4.78 is 0. The summed E-state index contributed by atoms with van der Waals surface area (Å²) in [6.45, 7) is 19.6. The van der Waals surface area contributed by atoms with Crippen LogP contribution in [0.15, 0.2) is 37.0 Å². The minimum atomic E-state index is 0.699. The molecule has 27 heavy (non-hydrogen) atoms. The van der Waals surface area contributed by atoms with Gasteiger partial charge in [-0.15, -0.1) is 0 Å². The summed E-state index contributed by atoms with van der Waals surface area (Å²) in [4.78, 5) is 2.76. The fraction of sp³-hybridized carbons (Fsp3) is 0.750. The van der Waals surface area contributed by atoms with E-state index in [0.29, 0.717) is 6.04 Å². The standard InChI is InChI=1S/C24H44N2S/c1-6-12-23(7-2)20-27-18-11-16-25-15-10-17-26(22(5)21(3)4)19-24-13-8-9-14-24/h6-7,12,21-22,24-25H,1-2,8-11,13-20H2,3-5H3/b23-12+. The minimum absolute atomic E-state index is 0.699. The third-order valence-electron chi connectivity index (χ3n) is 5.81. The van der Waals surface area contributed by atoms with E-state index in [1.807, 2.05) is 30.0 Å². The monoisotopic (exact) mass is 392 g/mol. The lowest BCUT2D eigenvalue weighted by molar-refractivity contribution is 0.142. The zero-order valence-electron chi connectivity index (χ0n) is 18.2. The fourth-order valence-corrected chi connectivity index (χ4v) is 4.70. The molecule has 0 aromatic rings. The van der Waals surface area contributed by atoms with Crippen molar-refractivity contribution in [3.05, 3.63) is 37.0 Å². The van der Waals surface area contributed by atoms with Crippen LogP contribution >= 0.6 is 11.8 Å². The molecule has 1 rings (SSSR count).